The Hall–Kier alpha value is -3.17. The third kappa shape index (κ3) is 4.98. The molecule has 3 aliphatic rings. The summed E-state index contributed by atoms with van der Waals surface area (Å²) in [6.45, 7) is 3.32. The molecule has 3 saturated heterocycles. The molecule has 3 aliphatic heterocycles. The van der Waals surface area contributed by atoms with E-state index in [1.54, 1.807) is 30.8 Å². The lowest BCUT2D eigenvalue weighted by molar-refractivity contribution is -0.0138. The molecule has 1 amide bonds. The fraction of sp³-hybridized carbons (Fsp3) is 0.480. The number of carbonyl (C=O) groups excluding carboxylic acids is 1. The highest BCUT2D eigenvalue weighted by atomic mass is 32.2. The molecule has 0 spiro atoms. The van der Waals surface area contributed by atoms with Crippen molar-refractivity contribution in [2.45, 2.75) is 31.3 Å². The Bertz CT molecular complexity index is 1530. The fourth-order valence-corrected chi connectivity index (χ4v) is 6.67. The van der Waals surface area contributed by atoms with Crippen LogP contribution < -0.4 is 10.1 Å². The normalized spacial score (nSPS) is 25.9. The second-order valence-electron chi connectivity index (χ2n) is 9.62. The first kappa shape index (κ1) is 26.1. The molecule has 4 atom stereocenters. The zero-order valence-electron chi connectivity index (χ0n) is 21.5. The summed E-state index contributed by atoms with van der Waals surface area (Å²) in [7, 11) is -0.564. The smallest absolute Gasteiger partial charge is 0.285 e. The van der Waals surface area contributed by atoms with Gasteiger partial charge in [0.15, 0.2) is 11.9 Å². The summed E-state index contributed by atoms with van der Waals surface area (Å²) in [5.41, 5.74) is 1.98. The lowest BCUT2D eigenvalue weighted by Gasteiger charge is -2.20. The second kappa shape index (κ2) is 10.4. The summed E-state index contributed by atoms with van der Waals surface area (Å²) in [5.74, 6) is 0.623. The van der Waals surface area contributed by atoms with Crippen LogP contribution in [-0.4, -0.2) is 90.0 Å². The Morgan fingerprint density at radius 3 is 2.74 bits per heavy atom. The highest BCUT2D eigenvalue weighted by Gasteiger charge is 2.49. The van der Waals surface area contributed by atoms with Gasteiger partial charge in [0.25, 0.3) is 5.91 Å². The van der Waals surface area contributed by atoms with Crippen LogP contribution in [0.3, 0.4) is 0 Å². The van der Waals surface area contributed by atoms with Gasteiger partial charge in [-0.05, 0) is 34.2 Å². The van der Waals surface area contributed by atoms with Crippen LogP contribution in [0.1, 0.15) is 15.9 Å². The number of nitrogens with one attached hydrogen (secondary N) is 2. The maximum atomic E-state index is 14.3. The number of methoxy groups -OCH3 is 1. The molecule has 6 rings (SSSR count). The van der Waals surface area contributed by atoms with E-state index in [1.165, 1.54) is 18.5 Å². The van der Waals surface area contributed by atoms with Crippen LogP contribution in [-0.2, 0) is 28.6 Å². The number of hydrogen-bond acceptors (Lipinski definition) is 10. The largest absolute Gasteiger partial charge is 0.483 e. The molecule has 0 unspecified atom stereocenters. The first-order valence-electron chi connectivity index (χ1n) is 12.6. The van der Waals surface area contributed by atoms with Gasteiger partial charge in [0, 0.05) is 30.9 Å². The minimum Gasteiger partial charge on any atom is -0.483 e. The van der Waals surface area contributed by atoms with E-state index >= 15 is 0 Å². The number of aromatic nitrogens is 3. The fourth-order valence-electron chi connectivity index (χ4n) is 5.08. The van der Waals surface area contributed by atoms with Gasteiger partial charge in [0.05, 0.1) is 37.7 Å². The molecule has 208 valence electrons. The average molecular weight is 561 g/mol. The van der Waals surface area contributed by atoms with Gasteiger partial charge in [-0.2, -0.15) is 9.46 Å². The van der Waals surface area contributed by atoms with Crippen LogP contribution in [0.2, 0.25) is 0 Å². The Balaban J connectivity index is 1.29. The number of benzene rings is 1. The number of anilines is 2. The van der Waals surface area contributed by atoms with E-state index in [0.29, 0.717) is 59.5 Å². The van der Waals surface area contributed by atoms with Crippen molar-refractivity contribution in [2.75, 3.05) is 50.4 Å². The van der Waals surface area contributed by atoms with Crippen molar-refractivity contribution in [2.24, 2.45) is 4.36 Å². The molecule has 5 heterocycles. The quantitative estimate of drug-likeness (QED) is 0.465. The summed E-state index contributed by atoms with van der Waals surface area (Å²) < 4.78 is 57.3. The molecular weight excluding hydrogens is 531 g/mol. The molecule has 14 heteroatoms. The zero-order valence-corrected chi connectivity index (χ0v) is 22.3. The average Bonchev–Trinajstić information content (AvgIpc) is 3.60. The molecule has 0 saturated carbocycles. The minimum absolute atomic E-state index is 0.179. The highest BCUT2D eigenvalue weighted by Crippen LogP contribution is 2.36. The van der Waals surface area contributed by atoms with Crippen molar-refractivity contribution < 1.29 is 32.9 Å². The van der Waals surface area contributed by atoms with E-state index in [1.807, 2.05) is 0 Å². The third-order valence-corrected chi connectivity index (χ3v) is 9.39. The number of ether oxygens (including phenoxy) is 5. The molecule has 0 aliphatic carbocycles. The summed E-state index contributed by atoms with van der Waals surface area (Å²) in [6.07, 6.45) is 1.73. The molecule has 0 bridgehead atoms. The molecule has 3 fully saturated rings. The maximum Gasteiger partial charge on any atom is 0.285 e. The molecule has 2 aromatic heterocycles. The summed E-state index contributed by atoms with van der Waals surface area (Å²) in [4.78, 5) is 17.5. The maximum absolute atomic E-state index is 14.3. The molecule has 3 aromatic rings. The molecule has 0 radical (unpaired) electrons. The van der Waals surface area contributed by atoms with E-state index in [4.69, 9.17) is 28.5 Å². The Morgan fingerprint density at radius 2 is 1.97 bits per heavy atom. The van der Waals surface area contributed by atoms with Crippen LogP contribution in [0, 0.1) is 17.5 Å². The Kier molecular flexibility index (Phi) is 6.97. The van der Waals surface area contributed by atoms with Gasteiger partial charge in [0.2, 0.25) is 0 Å². The molecule has 12 nitrogen and oxygen atoms in total. The monoisotopic (exact) mass is 560 g/mol. The third-order valence-electron chi connectivity index (χ3n) is 7.19. The number of nitrogens with zero attached hydrogens (tertiary/aromatic N) is 4. The van der Waals surface area contributed by atoms with Crippen molar-refractivity contribution >= 4 is 32.5 Å². The van der Waals surface area contributed by atoms with Crippen LogP contribution >= 0.6 is 0 Å². The van der Waals surface area contributed by atoms with E-state index in [2.05, 4.69) is 19.8 Å². The lowest BCUT2D eigenvalue weighted by atomic mass is 10.1. The van der Waals surface area contributed by atoms with Gasteiger partial charge in [-0.3, -0.25) is 9.57 Å². The SMILES string of the molecule is CO[C@@H]1CO[C@H]2[C@@H]1OC[C@H]2Oc1cc(F)ccc1Nc1ncnn2cc(C(=O)N=S3(=N)CCOCC3)c(C)c12. The van der Waals surface area contributed by atoms with Gasteiger partial charge in [-0.25, -0.2) is 13.9 Å². The number of amides is 1. The van der Waals surface area contributed by atoms with E-state index in [-0.39, 0.29) is 30.7 Å². The zero-order chi connectivity index (χ0) is 27.1. The van der Waals surface area contributed by atoms with E-state index < -0.39 is 27.4 Å². The van der Waals surface area contributed by atoms with Gasteiger partial charge in [-0.1, -0.05) is 0 Å². The topological polar surface area (TPSA) is 142 Å². The second-order valence-corrected chi connectivity index (χ2v) is 12.3. The number of aryl methyl sites for hydroxylation is 1. The van der Waals surface area contributed by atoms with Gasteiger partial charge < -0.3 is 29.0 Å². The van der Waals surface area contributed by atoms with Crippen molar-refractivity contribution in [1.29, 1.82) is 4.78 Å². The highest BCUT2D eigenvalue weighted by molar-refractivity contribution is 7.94. The number of halogens is 1. The van der Waals surface area contributed by atoms with Gasteiger partial charge >= 0.3 is 0 Å². The van der Waals surface area contributed by atoms with Crippen molar-refractivity contribution in [3.8, 4) is 5.75 Å². The van der Waals surface area contributed by atoms with Gasteiger partial charge in [-0.15, -0.1) is 0 Å². The van der Waals surface area contributed by atoms with Crippen molar-refractivity contribution in [1.82, 2.24) is 14.6 Å². The number of carbonyl (C=O) groups is 1. The summed E-state index contributed by atoms with van der Waals surface area (Å²) >= 11 is 0. The molecule has 39 heavy (non-hydrogen) atoms. The predicted molar refractivity (Wildman–Crippen MR) is 139 cm³/mol. The standard InChI is InChI=1S/C25H29FN6O6S/c1-14-16(25(33)31-39(27)7-5-35-6-8-39)10-32-21(14)24(28-13-29-32)30-17-4-3-15(26)9-18(17)38-20-12-37-22-19(34-2)11-36-23(20)22/h3-4,9-10,13,19-20,22-23,27H,5-8,11-12H2,1-2H3,(H,28,29,30)/t19-,20-,22-,23-/m1/s1. The summed E-state index contributed by atoms with van der Waals surface area (Å²) in [5, 5.41) is 7.48. The predicted octanol–water partition coefficient (Wildman–Crippen LogP) is 2.75. The molecule has 1 aromatic carbocycles. The van der Waals surface area contributed by atoms with Crippen molar-refractivity contribution in [3.63, 3.8) is 0 Å². The van der Waals surface area contributed by atoms with Crippen LogP contribution in [0.4, 0.5) is 15.9 Å². The van der Waals surface area contributed by atoms with Gasteiger partial charge in [0.1, 0.15) is 41.7 Å². The van der Waals surface area contributed by atoms with E-state index in [0.717, 1.165) is 0 Å². The summed E-state index contributed by atoms with van der Waals surface area (Å²) in [6, 6.07) is 4.17. The van der Waals surface area contributed by atoms with Crippen LogP contribution in [0.25, 0.3) is 5.52 Å². The lowest BCUT2D eigenvalue weighted by Crippen LogP contribution is -2.35. The van der Waals surface area contributed by atoms with E-state index in [9.17, 15) is 9.18 Å². The number of fused-ring (bicyclic) bond motifs is 2. The number of hydrogen-bond donors (Lipinski definition) is 2. The Morgan fingerprint density at radius 1 is 1.23 bits per heavy atom. The van der Waals surface area contributed by atoms with Crippen molar-refractivity contribution in [3.05, 3.63) is 47.7 Å². The van der Waals surface area contributed by atoms with Crippen LogP contribution in [0.15, 0.2) is 35.1 Å². The molecule has 2 N–H and O–H groups in total. The van der Waals surface area contributed by atoms with Crippen LogP contribution in [0.5, 0.6) is 5.75 Å². The first-order chi connectivity index (χ1) is 18.8. The number of rotatable bonds is 6. The Labute approximate surface area is 224 Å². The first-order valence-corrected chi connectivity index (χ1v) is 14.5. The minimum atomic E-state index is -2.17. The molecular formula is C25H29FN6O6S.